The maximum atomic E-state index is 13.1. The summed E-state index contributed by atoms with van der Waals surface area (Å²) in [6.07, 6.45) is 9.86. The fourth-order valence-corrected chi connectivity index (χ4v) is 8.79. The number of carbonyl (C=O) groups is 1. The molecular weight excluding hydrogens is 732 g/mol. The minimum Gasteiger partial charge on any atom is -0.491 e. The number of allylic oxidation sites excluding steroid dienone is 1. The molecule has 1 saturated carbocycles. The minimum atomic E-state index is -1.45. The van der Waals surface area contributed by atoms with Crippen LogP contribution in [-0.2, 0) is 26.9 Å². The topological polar surface area (TPSA) is 83.6 Å². The standard InChI is InChI=1S/C36H51ClN2O4S.C8H16N2O/c1-7-9-11-34(42-22-24(3)4)32-15-12-28(32)20-39-21-29(31-16-14-30(37)18-26(31)10-8-2)23-43-35-17-13-27(19-33(35)39)36(40)38-44(41)25(5)6;1-9-2-3-10-4-5-11-7-8(10)6-9/h9,11,13-14,16-19,24-25,28-29,32,34H,7-8,10,12,15,20-23H2,1-6H3,(H,38,40);8H,2-7H2,1H3/b11-9+;. The van der Waals surface area contributed by atoms with Gasteiger partial charge in [0.15, 0.2) is 0 Å². The molecule has 3 aliphatic heterocycles. The summed E-state index contributed by atoms with van der Waals surface area (Å²) in [4.78, 5) is 20.5. The molecular formula is C44H67ClN4O5S. The van der Waals surface area contributed by atoms with E-state index in [1.165, 1.54) is 30.8 Å². The van der Waals surface area contributed by atoms with Gasteiger partial charge in [-0.25, -0.2) is 4.21 Å². The first-order chi connectivity index (χ1) is 26.5. The molecule has 2 saturated heterocycles. The van der Waals surface area contributed by atoms with Crippen LogP contribution in [0.2, 0.25) is 5.02 Å². The van der Waals surface area contributed by atoms with Gasteiger partial charge in [-0.1, -0.05) is 63.9 Å². The number of anilines is 1. The van der Waals surface area contributed by atoms with Crippen molar-refractivity contribution in [1.82, 2.24) is 14.5 Å². The SMILES string of the molecule is CC/C=C/C(OCC(C)C)C1CCC1CN1CC(c2ccc(Cl)cc2CCC)COc2ccc(C(=O)NS(=O)C(C)C)cc21.CN1CCN2CCOCC2C1. The Morgan fingerprint density at radius 2 is 1.87 bits per heavy atom. The number of nitrogens with zero attached hydrogens (tertiary/aromatic N) is 3. The lowest BCUT2D eigenvalue weighted by atomic mass is 9.70. The van der Waals surface area contributed by atoms with Crippen LogP contribution >= 0.6 is 11.6 Å². The van der Waals surface area contributed by atoms with Crippen molar-refractivity contribution in [3.63, 3.8) is 0 Å². The van der Waals surface area contributed by atoms with Gasteiger partial charge in [0, 0.05) is 73.7 Å². The van der Waals surface area contributed by atoms with Gasteiger partial charge in [0.2, 0.25) is 0 Å². The number of carbonyl (C=O) groups excluding carboxylic acids is 1. The Labute approximate surface area is 339 Å². The molecule has 4 aliphatic rings. The lowest BCUT2D eigenvalue weighted by Gasteiger charge is -2.44. The zero-order chi connectivity index (χ0) is 39.5. The second-order valence-electron chi connectivity index (χ2n) is 16.5. The van der Waals surface area contributed by atoms with Crippen molar-refractivity contribution in [2.75, 3.05) is 77.6 Å². The fourth-order valence-electron chi connectivity index (χ4n) is 8.06. The number of halogens is 1. The second kappa shape index (κ2) is 21.3. The predicted octanol–water partition coefficient (Wildman–Crippen LogP) is 7.74. The molecule has 1 aliphatic carbocycles. The average Bonchev–Trinajstić information content (AvgIpc) is 3.33. The number of hydrogen-bond acceptors (Lipinski definition) is 8. The number of aryl methyl sites for hydroxylation is 1. The van der Waals surface area contributed by atoms with Crippen molar-refractivity contribution >= 4 is 34.2 Å². The van der Waals surface area contributed by atoms with Crippen LogP contribution < -0.4 is 14.4 Å². The lowest BCUT2D eigenvalue weighted by molar-refractivity contribution is -0.0397. The number of rotatable bonds is 14. The normalized spacial score (nSPS) is 24.2. The summed E-state index contributed by atoms with van der Waals surface area (Å²) in [5, 5.41) is 0.589. The third-order valence-electron chi connectivity index (χ3n) is 11.3. The highest BCUT2D eigenvalue weighted by molar-refractivity contribution is 7.84. The Morgan fingerprint density at radius 3 is 2.58 bits per heavy atom. The minimum absolute atomic E-state index is 0.102. The molecule has 2 aromatic rings. The van der Waals surface area contributed by atoms with E-state index < -0.39 is 11.0 Å². The zero-order valence-electron chi connectivity index (χ0n) is 34.4. The van der Waals surface area contributed by atoms with E-state index in [4.69, 9.17) is 25.8 Å². The molecule has 2 aromatic carbocycles. The van der Waals surface area contributed by atoms with Crippen LogP contribution in [0.25, 0.3) is 0 Å². The zero-order valence-corrected chi connectivity index (χ0v) is 36.0. The summed E-state index contributed by atoms with van der Waals surface area (Å²) in [6, 6.07) is 12.5. The number of morpholine rings is 1. The molecule has 306 valence electrons. The van der Waals surface area contributed by atoms with Gasteiger partial charge in [0.1, 0.15) is 16.7 Å². The van der Waals surface area contributed by atoms with Gasteiger partial charge in [0.05, 0.1) is 31.6 Å². The predicted molar refractivity (Wildman–Crippen MR) is 227 cm³/mol. The first-order valence-corrected chi connectivity index (χ1v) is 22.4. The molecule has 3 fully saturated rings. The molecule has 55 heavy (non-hydrogen) atoms. The molecule has 0 bridgehead atoms. The van der Waals surface area contributed by atoms with Gasteiger partial charge in [-0.3, -0.25) is 14.4 Å². The number of amides is 1. The van der Waals surface area contributed by atoms with Gasteiger partial charge >= 0.3 is 0 Å². The number of piperazine rings is 1. The molecule has 6 rings (SSSR count). The number of fused-ring (bicyclic) bond motifs is 2. The summed E-state index contributed by atoms with van der Waals surface area (Å²) >= 11 is 6.43. The van der Waals surface area contributed by atoms with Crippen LogP contribution in [-0.4, -0.2) is 110 Å². The van der Waals surface area contributed by atoms with E-state index in [-0.39, 0.29) is 23.2 Å². The van der Waals surface area contributed by atoms with E-state index >= 15 is 0 Å². The molecule has 11 heteroatoms. The Balaban J connectivity index is 0.000000447. The second-order valence-corrected chi connectivity index (χ2v) is 18.7. The number of likely N-dealkylation sites (N-methyl/N-ethyl adjacent to an activating group) is 1. The van der Waals surface area contributed by atoms with Crippen molar-refractivity contribution < 1.29 is 23.2 Å². The van der Waals surface area contributed by atoms with Crippen LogP contribution in [0.5, 0.6) is 5.75 Å². The van der Waals surface area contributed by atoms with Crippen LogP contribution in [0, 0.1) is 17.8 Å². The van der Waals surface area contributed by atoms with Crippen molar-refractivity contribution in [3.8, 4) is 5.75 Å². The van der Waals surface area contributed by atoms with Crippen molar-refractivity contribution in [3.05, 3.63) is 70.3 Å². The Kier molecular flexibility index (Phi) is 16.9. The number of ether oxygens (including phenoxy) is 3. The van der Waals surface area contributed by atoms with Gasteiger partial charge < -0.3 is 24.0 Å². The van der Waals surface area contributed by atoms with E-state index in [0.717, 1.165) is 88.0 Å². The van der Waals surface area contributed by atoms with E-state index in [1.54, 1.807) is 6.07 Å². The molecule has 9 nitrogen and oxygen atoms in total. The third-order valence-corrected chi connectivity index (χ3v) is 12.8. The number of hydrogen-bond donors (Lipinski definition) is 1. The summed E-state index contributed by atoms with van der Waals surface area (Å²) in [7, 11) is 0.737. The molecule has 0 spiro atoms. The number of benzene rings is 2. The van der Waals surface area contributed by atoms with E-state index in [2.05, 4.69) is 78.4 Å². The molecule has 6 atom stereocenters. The summed E-state index contributed by atoms with van der Waals surface area (Å²) < 4.78 is 33.4. The van der Waals surface area contributed by atoms with E-state index in [1.807, 2.05) is 32.0 Å². The molecule has 6 unspecified atom stereocenters. The van der Waals surface area contributed by atoms with Gasteiger partial charge in [-0.05, 0) is 106 Å². The van der Waals surface area contributed by atoms with E-state index in [9.17, 15) is 9.00 Å². The number of nitrogens with one attached hydrogen (secondary N) is 1. The molecule has 0 radical (unpaired) electrons. The maximum absolute atomic E-state index is 13.1. The van der Waals surface area contributed by atoms with Crippen molar-refractivity contribution in [2.24, 2.45) is 17.8 Å². The fraction of sp³-hybridized carbons (Fsp3) is 0.659. The average molecular weight is 800 g/mol. The van der Waals surface area contributed by atoms with Crippen molar-refractivity contribution in [1.29, 1.82) is 0 Å². The molecule has 1 amide bonds. The van der Waals surface area contributed by atoms with Gasteiger partial charge in [-0.2, -0.15) is 0 Å². The van der Waals surface area contributed by atoms with Crippen LogP contribution in [0.3, 0.4) is 0 Å². The van der Waals surface area contributed by atoms with Gasteiger partial charge in [0.25, 0.3) is 5.91 Å². The largest absolute Gasteiger partial charge is 0.491 e. The summed E-state index contributed by atoms with van der Waals surface area (Å²) in [5.74, 6) is 1.94. The molecule has 1 N–H and O–H groups in total. The molecule has 0 aromatic heterocycles. The maximum Gasteiger partial charge on any atom is 0.263 e. The quantitative estimate of drug-likeness (QED) is 0.195. The molecule has 3 heterocycles. The summed E-state index contributed by atoms with van der Waals surface area (Å²) in [6.45, 7) is 21.9. The first kappa shape index (κ1) is 43.6. The Bertz CT molecular complexity index is 1590. The lowest BCUT2D eigenvalue weighted by Crippen LogP contribution is -2.56. The summed E-state index contributed by atoms with van der Waals surface area (Å²) in [5.41, 5.74) is 3.94. The van der Waals surface area contributed by atoms with Crippen molar-refractivity contribution in [2.45, 2.75) is 97.0 Å². The van der Waals surface area contributed by atoms with Gasteiger partial charge in [-0.15, -0.1) is 0 Å². The Hall–Kier alpha value is -2.47. The first-order valence-electron chi connectivity index (χ1n) is 20.8. The highest BCUT2D eigenvalue weighted by atomic mass is 35.5. The van der Waals surface area contributed by atoms with Crippen LogP contribution in [0.1, 0.15) is 94.6 Å². The highest BCUT2D eigenvalue weighted by Crippen LogP contribution is 2.43. The van der Waals surface area contributed by atoms with E-state index in [0.29, 0.717) is 36.0 Å². The third kappa shape index (κ3) is 12.3. The monoisotopic (exact) mass is 798 g/mol. The Morgan fingerprint density at radius 1 is 1.05 bits per heavy atom. The van der Waals surface area contributed by atoms with Crippen LogP contribution in [0.4, 0.5) is 5.69 Å². The smallest absolute Gasteiger partial charge is 0.263 e. The highest BCUT2D eigenvalue weighted by Gasteiger charge is 2.39. The van der Waals surface area contributed by atoms with Crippen LogP contribution in [0.15, 0.2) is 48.6 Å².